The number of rotatable bonds is 5. The lowest BCUT2D eigenvalue weighted by Crippen LogP contribution is -2.38. The van der Waals surface area contributed by atoms with Gasteiger partial charge in [-0.25, -0.2) is 8.78 Å². The third-order valence-corrected chi connectivity index (χ3v) is 3.75. The molecule has 0 spiro atoms. The molecule has 1 unspecified atom stereocenters. The standard InChI is InChI=1S/C15H20F2N4/c1-9-15(10(2)21(3)20-9)8-14(19-18)6-11-4-12(16)7-13(17)5-11/h4-5,7,14,19H,6,8,18H2,1-3H3. The van der Waals surface area contributed by atoms with Crippen molar-refractivity contribution in [3.8, 4) is 0 Å². The summed E-state index contributed by atoms with van der Waals surface area (Å²) < 4.78 is 28.3. The van der Waals surface area contributed by atoms with Crippen LogP contribution >= 0.6 is 0 Å². The summed E-state index contributed by atoms with van der Waals surface area (Å²) >= 11 is 0. The van der Waals surface area contributed by atoms with Crippen LogP contribution in [0.1, 0.15) is 22.5 Å². The maximum atomic E-state index is 13.2. The highest BCUT2D eigenvalue weighted by atomic mass is 19.1. The van der Waals surface area contributed by atoms with Crippen molar-refractivity contribution < 1.29 is 8.78 Å². The normalized spacial score (nSPS) is 12.7. The minimum atomic E-state index is -0.575. The van der Waals surface area contributed by atoms with Crippen molar-refractivity contribution in [2.24, 2.45) is 12.9 Å². The van der Waals surface area contributed by atoms with Crippen LogP contribution in [0, 0.1) is 25.5 Å². The molecule has 1 aromatic heterocycles. The second kappa shape index (κ2) is 6.32. The highest BCUT2D eigenvalue weighted by Gasteiger charge is 2.16. The molecule has 2 rings (SSSR count). The largest absolute Gasteiger partial charge is 0.272 e. The van der Waals surface area contributed by atoms with Crippen LogP contribution in [0.3, 0.4) is 0 Å². The highest BCUT2D eigenvalue weighted by molar-refractivity contribution is 5.26. The molecule has 6 heteroatoms. The quantitative estimate of drug-likeness (QED) is 0.654. The summed E-state index contributed by atoms with van der Waals surface area (Å²) in [5, 5.41) is 4.36. The summed E-state index contributed by atoms with van der Waals surface area (Å²) in [6.45, 7) is 3.93. The van der Waals surface area contributed by atoms with Gasteiger partial charge in [0.15, 0.2) is 0 Å². The molecular formula is C15H20F2N4. The SMILES string of the molecule is Cc1nn(C)c(C)c1CC(Cc1cc(F)cc(F)c1)NN. The molecule has 0 aliphatic carbocycles. The van der Waals surface area contributed by atoms with E-state index in [1.807, 2.05) is 25.6 Å². The summed E-state index contributed by atoms with van der Waals surface area (Å²) in [6.07, 6.45) is 1.10. The number of hydrogen-bond donors (Lipinski definition) is 2. The summed E-state index contributed by atoms with van der Waals surface area (Å²) in [7, 11) is 1.89. The van der Waals surface area contributed by atoms with E-state index >= 15 is 0 Å². The van der Waals surface area contributed by atoms with Gasteiger partial charge in [-0.3, -0.25) is 16.0 Å². The van der Waals surface area contributed by atoms with E-state index in [0.717, 1.165) is 23.0 Å². The number of hydrogen-bond acceptors (Lipinski definition) is 3. The van der Waals surface area contributed by atoms with Crippen LogP contribution in [0.15, 0.2) is 18.2 Å². The monoisotopic (exact) mass is 294 g/mol. The Morgan fingerprint density at radius 2 is 1.81 bits per heavy atom. The van der Waals surface area contributed by atoms with Gasteiger partial charge < -0.3 is 0 Å². The number of halogens is 2. The van der Waals surface area contributed by atoms with E-state index in [1.54, 1.807) is 0 Å². The Morgan fingerprint density at radius 3 is 2.29 bits per heavy atom. The van der Waals surface area contributed by atoms with E-state index in [4.69, 9.17) is 5.84 Å². The Kier molecular flexibility index (Phi) is 4.69. The van der Waals surface area contributed by atoms with E-state index in [9.17, 15) is 8.78 Å². The number of benzene rings is 1. The smallest absolute Gasteiger partial charge is 0.126 e. The molecule has 1 atom stereocenters. The van der Waals surface area contributed by atoms with E-state index in [0.29, 0.717) is 18.4 Å². The average Bonchev–Trinajstić information content (AvgIpc) is 2.63. The lowest BCUT2D eigenvalue weighted by molar-refractivity contribution is 0.514. The molecule has 1 aromatic carbocycles. The van der Waals surface area contributed by atoms with Crippen molar-refractivity contribution in [1.29, 1.82) is 0 Å². The van der Waals surface area contributed by atoms with Gasteiger partial charge >= 0.3 is 0 Å². The first-order chi connectivity index (χ1) is 9.90. The maximum absolute atomic E-state index is 13.2. The molecule has 0 aliphatic heterocycles. The number of nitrogens with one attached hydrogen (secondary N) is 1. The predicted octanol–water partition coefficient (Wildman–Crippen LogP) is 1.93. The molecule has 0 amide bonds. The Balaban J connectivity index is 2.16. The molecular weight excluding hydrogens is 274 g/mol. The van der Waals surface area contributed by atoms with Crippen LogP contribution in [-0.4, -0.2) is 15.8 Å². The fourth-order valence-electron chi connectivity index (χ4n) is 2.56. The highest BCUT2D eigenvalue weighted by Crippen LogP contribution is 2.17. The van der Waals surface area contributed by atoms with Crippen LogP contribution in [0.4, 0.5) is 8.78 Å². The first kappa shape index (κ1) is 15.6. The minimum Gasteiger partial charge on any atom is -0.272 e. The third-order valence-electron chi connectivity index (χ3n) is 3.75. The van der Waals surface area contributed by atoms with Gasteiger partial charge in [0.1, 0.15) is 11.6 Å². The van der Waals surface area contributed by atoms with Gasteiger partial charge in [-0.1, -0.05) is 0 Å². The van der Waals surface area contributed by atoms with Gasteiger partial charge in [0.2, 0.25) is 0 Å². The van der Waals surface area contributed by atoms with Crippen LogP contribution in [0.5, 0.6) is 0 Å². The van der Waals surface area contributed by atoms with Crippen molar-refractivity contribution in [2.45, 2.75) is 32.7 Å². The zero-order chi connectivity index (χ0) is 15.6. The maximum Gasteiger partial charge on any atom is 0.126 e. The number of nitrogens with zero attached hydrogens (tertiary/aromatic N) is 2. The number of nitrogens with two attached hydrogens (primary N) is 1. The van der Waals surface area contributed by atoms with Crippen LogP contribution in [0.2, 0.25) is 0 Å². The molecule has 3 N–H and O–H groups in total. The summed E-state index contributed by atoms with van der Waals surface area (Å²) in [6, 6.07) is 3.41. The van der Waals surface area contributed by atoms with Crippen LogP contribution < -0.4 is 11.3 Å². The minimum absolute atomic E-state index is 0.118. The second-order valence-electron chi connectivity index (χ2n) is 5.32. The van der Waals surface area contributed by atoms with Gasteiger partial charge in [0.25, 0.3) is 0 Å². The van der Waals surface area contributed by atoms with Crippen molar-refractivity contribution in [1.82, 2.24) is 15.2 Å². The molecule has 114 valence electrons. The van der Waals surface area contributed by atoms with E-state index in [-0.39, 0.29) is 6.04 Å². The molecule has 0 fully saturated rings. The summed E-state index contributed by atoms with van der Waals surface area (Å²) in [5.74, 6) is 4.44. The Morgan fingerprint density at radius 1 is 1.19 bits per heavy atom. The van der Waals surface area contributed by atoms with Crippen molar-refractivity contribution in [3.63, 3.8) is 0 Å². The lowest BCUT2D eigenvalue weighted by Gasteiger charge is -2.16. The second-order valence-corrected chi connectivity index (χ2v) is 5.32. The predicted molar refractivity (Wildman–Crippen MR) is 77.6 cm³/mol. The van der Waals surface area contributed by atoms with E-state index < -0.39 is 11.6 Å². The van der Waals surface area contributed by atoms with Crippen molar-refractivity contribution in [3.05, 3.63) is 52.3 Å². The molecule has 0 bridgehead atoms. The average molecular weight is 294 g/mol. The van der Waals surface area contributed by atoms with E-state index in [2.05, 4.69) is 10.5 Å². The Bertz CT molecular complexity index is 617. The fourth-order valence-corrected chi connectivity index (χ4v) is 2.56. The number of aryl methyl sites for hydroxylation is 2. The molecule has 2 aromatic rings. The van der Waals surface area contributed by atoms with Gasteiger partial charge in [0, 0.05) is 24.8 Å². The first-order valence-corrected chi connectivity index (χ1v) is 6.81. The molecule has 0 aliphatic rings. The van der Waals surface area contributed by atoms with Gasteiger partial charge in [-0.2, -0.15) is 5.10 Å². The van der Waals surface area contributed by atoms with Crippen LogP contribution in [0.25, 0.3) is 0 Å². The van der Waals surface area contributed by atoms with Crippen molar-refractivity contribution in [2.75, 3.05) is 0 Å². The zero-order valence-corrected chi connectivity index (χ0v) is 12.5. The number of aromatic nitrogens is 2. The molecule has 1 heterocycles. The molecule has 0 radical (unpaired) electrons. The fraction of sp³-hybridized carbons (Fsp3) is 0.400. The van der Waals surface area contributed by atoms with Gasteiger partial charge in [0.05, 0.1) is 5.69 Å². The van der Waals surface area contributed by atoms with Gasteiger partial charge in [-0.05, 0) is 49.9 Å². The molecule has 21 heavy (non-hydrogen) atoms. The zero-order valence-electron chi connectivity index (χ0n) is 12.5. The first-order valence-electron chi connectivity index (χ1n) is 6.81. The summed E-state index contributed by atoms with van der Waals surface area (Å²) in [5.41, 5.74) is 6.42. The Labute approximate surface area is 122 Å². The molecule has 0 saturated carbocycles. The topological polar surface area (TPSA) is 55.9 Å². The molecule has 0 saturated heterocycles. The third kappa shape index (κ3) is 3.65. The number of hydrazine groups is 1. The van der Waals surface area contributed by atoms with Gasteiger partial charge in [-0.15, -0.1) is 0 Å². The lowest BCUT2D eigenvalue weighted by atomic mass is 9.98. The van der Waals surface area contributed by atoms with Crippen molar-refractivity contribution >= 4 is 0 Å². The van der Waals surface area contributed by atoms with Crippen LogP contribution in [-0.2, 0) is 19.9 Å². The van der Waals surface area contributed by atoms with E-state index in [1.165, 1.54) is 12.1 Å². The molecule has 4 nitrogen and oxygen atoms in total. The summed E-state index contributed by atoms with van der Waals surface area (Å²) in [4.78, 5) is 0. The Hall–Kier alpha value is -1.79.